The fraction of sp³-hybridized carbons (Fsp3) is 0.188. The fourth-order valence-corrected chi connectivity index (χ4v) is 3.85. The topological polar surface area (TPSA) is 17.1 Å². The maximum absolute atomic E-state index is 11.9. The Hall–Kier alpha value is -1.45. The van der Waals surface area contributed by atoms with Gasteiger partial charge in [-0.2, -0.15) is 0 Å². The van der Waals surface area contributed by atoms with E-state index in [2.05, 4.69) is 35.7 Å². The normalized spacial score (nSPS) is 11.0. The highest BCUT2D eigenvalue weighted by molar-refractivity contribution is 7.17. The van der Waals surface area contributed by atoms with Gasteiger partial charge in [0.1, 0.15) is 0 Å². The molecule has 2 aromatic heterocycles. The summed E-state index contributed by atoms with van der Waals surface area (Å²) in [5, 5.41) is 3.39. The average Bonchev–Trinajstić information content (AvgIpc) is 3.07. The number of carbonyl (C=O) groups excluding carboxylic acids is 1. The van der Waals surface area contributed by atoms with Crippen molar-refractivity contribution >= 4 is 38.5 Å². The molecule has 3 aromatic rings. The molecule has 0 saturated heterocycles. The molecule has 0 fully saturated rings. The van der Waals surface area contributed by atoms with Crippen molar-refractivity contribution in [2.45, 2.75) is 19.8 Å². The van der Waals surface area contributed by atoms with Crippen LogP contribution in [-0.2, 0) is 0 Å². The summed E-state index contributed by atoms with van der Waals surface area (Å²) in [4.78, 5) is 13.9. The lowest BCUT2D eigenvalue weighted by molar-refractivity contribution is 0.0985. The van der Waals surface area contributed by atoms with E-state index in [0.717, 1.165) is 11.3 Å². The van der Waals surface area contributed by atoms with E-state index in [1.165, 1.54) is 20.5 Å². The Kier molecular flexibility index (Phi) is 3.49. The molecule has 0 bridgehead atoms. The average molecular weight is 286 g/mol. The van der Waals surface area contributed by atoms with Gasteiger partial charge in [-0.1, -0.05) is 13.0 Å². The molecule has 0 aliphatic rings. The zero-order valence-corrected chi connectivity index (χ0v) is 12.3. The third-order valence-corrected chi connectivity index (χ3v) is 5.17. The van der Waals surface area contributed by atoms with Gasteiger partial charge in [0.05, 0.1) is 4.88 Å². The van der Waals surface area contributed by atoms with Crippen LogP contribution in [0.3, 0.4) is 0 Å². The van der Waals surface area contributed by atoms with Crippen LogP contribution in [0.4, 0.5) is 0 Å². The van der Waals surface area contributed by atoms with Crippen molar-refractivity contribution in [2.75, 3.05) is 0 Å². The predicted octanol–water partition coefficient (Wildman–Crippen LogP) is 5.61. The fourth-order valence-electron chi connectivity index (χ4n) is 2.11. The highest BCUT2D eigenvalue weighted by Crippen LogP contribution is 2.32. The van der Waals surface area contributed by atoms with Crippen molar-refractivity contribution in [1.82, 2.24) is 0 Å². The molecule has 3 heteroatoms. The first-order valence-corrected chi connectivity index (χ1v) is 8.08. The number of carbonyl (C=O) groups is 1. The van der Waals surface area contributed by atoms with Crippen molar-refractivity contribution in [2.24, 2.45) is 0 Å². The van der Waals surface area contributed by atoms with Crippen LogP contribution in [0.15, 0.2) is 41.8 Å². The molecule has 1 nitrogen and oxygen atoms in total. The van der Waals surface area contributed by atoms with Crippen LogP contribution >= 0.6 is 22.7 Å². The number of fused-ring (bicyclic) bond motifs is 1. The summed E-state index contributed by atoms with van der Waals surface area (Å²) in [6.45, 7) is 2.04. The van der Waals surface area contributed by atoms with Crippen LogP contribution in [0.25, 0.3) is 20.5 Å². The maximum atomic E-state index is 11.9. The first-order chi connectivity index (χ1) is 9.28. The van der Waals surface area contributed by atoms with Gasteiger partial charge < -0.3 is 0 Å². The van der Waals surface area contributed by atoms with Crippen molar-refractivity contribution in [3.05, 3.63) is 46.7 Å². The van der Waals surface area contributed by atoms with Crippen LogP contribution in [0.1, 0.15) is 29.4 Å². The van der Waals surface area contributed by atoms with E-state index in [1.54, 1.807) is 22.7 Å². The van der Waals surface area contributed by atoms with E-state index >= 15 is 0 Å². The van der Waals surface area contributed by atoms with Gasteiger partial charge in [0, 0.05) is 16.0 Å². The van der Waals surface area contributed by atoms with E-state index in [0.29, 0.717) is 6.42 Å². The summed E-state index contributed by atoms with van der Waals surface area (Å²) >= 11 is 3.36. The van der Waals surface area contributed by atoms with E-state index in [9.17, 15) is 4.79 Å². The number of benzene rings is 1. The van der Waals surface area contributed by atoms with Gasteiger partial charge >= 0.3 is 0 Å². The molecule has 0 aliphatic heterocycles. The molecule has 0 N–H and O–H groups in total. The van der Waals surface area contributed by atoms with Gasteiger partial charge in [0.2, 0.25) is 0 Å². The third-order valence-electron chi connectivity index (χ3n) is 3.09. The van der Waals surface area contributed by atoms with Crippen LogP contribution in [0.2, 0.25) is 0 Å². The number of Topliss-reactive ketones (excluding diaryl/α,β-unsaturated/α-hetero) is 1. The Balaban J connectivity index is 1.95. The molecule has 19 heavy (non-hydrogen) atoms. The van der Waals surface area contributed by atoms with Crippen LogP contribution < -0.4 is 0 Å². The largest absolute Gasteiger partial charge is 0.293 e. The summed E-state index contributed by atoms with van der Waals surface area (Å²) in [7, 11) is 0. The first kappa shape index (κ1) is 12.6. The number of thiophene rings is 2. The summed E-state index contributed by atoms with van der Waals surface area (Å²) in [6, 6.07) is 12.6. The molecule has 0 aliphatic carbocycles. The van der Waals surface area contributed by atoms with E-state index < -0.39 is 0 Å². The molecule has 0 atom stereocenters. The van der Waals surface area contributed by atoms with Crippen LogP contribution in [0.5, 0.6) is 0 Å². The van der Waals surface area contributed by atoms with Crippen LogP contribution in [0, 0.1) is 0 Å². The minimum atomic E-state index is 0.260. The molecule has 96 valence electrons. The van der Waals surface area contributed by atoms with Gasteiger partial charge in [0.25, 0.3) is 0 Å². The molecular weight excluding hydrogens is 272 g/mol. The zero-order chi connectivity index (χ0) is 13.2. The second kappa shape index (κ2) is 5.27. The standard InChI is InChI=1S/C16H14OS2/c1-2-3-13(17)16-7-6-15(19-16)11-4-5-14-12(10-11)8-9-18-14/h4-10H,2-3H2,1H3. The van der Waals surface area contributed by atoms with Gasteiger partial charge in [-0.25, -0.2) is 0 Å². The quantitative estimate of drug-likeness (QED) is 0.569. The van der Waals surface area contributed by atoms with Gasteiger partial charge in [-0.3, -0.25) is 4.79 Å². The highest BCUT2D eigenvalue weighted by atomic mass is 32.1. The van der Waals surface area contributed by atoms with Crippen LogP contribution in [-0.4, -0.2) is 5.78 Å². The van der Waals surface area contributed by atoms with Gasteiger partial charge in [-0.05, 0) is 53.1 Å². The molecule has 3 rings (SSSR count). The monoisotopic (exact) mass is 286 g/mol. The molecule has 2 heterocycles. The second-order valence-electron chi connectivity index (χ2n) is 4.51. The number of ketones is 1. The Morgan fingerprint density at radius 2 is 2.05 bits per heavy atom. The SMILES string of the molecule is CCCC(=O)c1ccc(-c2ccc3sccc3c2)s1. The van der Waals surface area contributed by atoms with E-state index in [4.69, 9.17) is 0 Å². The lowest BCUT2D eigenvalue weighted by atomic mass is 10.1. The molecule has 0 unspecified atom stereocenters. The third kappa shape index (κ3) is 2.48. The van der Waals surface area contributed by atoms with Crippen molar-refractivity contribution in [3.63, 3.8) is 0 Å². The van der Waals surface area contributed by atoms with E-state index in [1.807, 2.05) is 13.0 Å². The Labute approximate surface area is 120 Å². The molecule has 0 saturated carbocycles. The Bertz CT molecular complexity index is 721. The lowest BCUT2D eigenvalue weighted by Crippen LogP contribution is -1.93. The lowest BCUT2D eigenvalue weighted by Gasteiger charge is -1.98. The molecular formula is C16H14OS2. The minimum Gasteiger partial charge on any atom is -0.293 e. The van der Waals surface area contributed by atoms with Crippen molar-refractivity contribution in [1.29, 1.82) is 0 Å². The smallest absolute Gasteiger partial charge is 0.172 e. The summed E-state index contributed by atoms with van der Waals surface area (Å²) < 4.78 is 1.31. The van der Waals surface area contributed by atoms with Crippen molar-refractivity contribution < 1.29 is 4.79 Å². The zero-order valence-electron chi connectivity index (χ0n) is 10.7. The van der Waals surface area contributed by atoms with Crippen molar-refractivity contribution in [3.8, 4) is 10.4 Å². The summed E-state index contributed by atoms with van der Waals surface area (Å²) in [6.07, 6.45) is 1.55. The highest BCUT2D eigenvalue weighted by Gasteiger charge is 2.09. The van der Waals surface area contributed by atoms with E-state index in [-0.39, 0.29) is 5.78 Å². The van der Waals surface area contributed by atoms with Gasteiger partial charge in [-0.15, -0.1) is 22.7 Å². The summed E-state index contributed by atoms with van der Waals surface area (Å²) in [5.41, 5.74) is 1.20. The number of rotatable bonds is 4. The molecule has 0 radical (unpaired) electrons. The molecule has 0 spiro atoms. The first-order valence-electron chi connectivity index (χ1n) is 6.38. The minimum absolute atomic E-state index is 0.260. The molecule has 1 aromatic carbocycles. The number of hydrogen-bond donors (Lipinski definition) is 0. The van der Waals surface area contributed by atoms with Gasteiger partial charge in [0.15, 0.2) is 5.78 Å². The maximum Gasteiger partial charge on any atom is 0.172 e. The Morgan fingerprint density at radius 1 is 1.16 bits per heavy atom. The summed E-state index contributed by atoms with van der Waals surface area (Å²) in [5.74, 6) is 0.260. The Morgan fingerprint density at radius 3 is 2.89 bits per heavy atom. The number of hydrogen-bond acceptors (Lipinski definition) is 3. The molecule has 0 amide bonds. The second-order valence-corrected chi connectivity index (χ2v) is 6.54. The predicted molar refractivity (Wildman–Crippen MR) is 84.4 cm³/mol.